The van der Waals surface area contributed by atoms with Crippen molar-refractivity contribution in [1.82, 2.24) is 9.80 Å². The van der Waals surface area contributed by atoms with Crippen molar-refractivity contribution >= 4 is 11.8 Å². The van der Waals surface area contributed by atoms with Gasteiger partial charge in [0.2, 0.25) is 5.91 Å². The molecular weight excluding hydrogens is 252 g/mol. The van der Waals surface area contributed by atoms with Crippen molar-refractivity contribution in [3.63, 3.8) is 0 Å². The van der Waals surface area contributed by atoms with Crippen LogP contribution in [0.5, 0.6) is 0 Å². The molecule has 0 aliphatic carbocycles. The first-order chi connectivity index (χ1) is 9.49. The highest BCUT2D eigenvalue weighted by Crippen LogP contribution is 2.20. The van der Waals surface area contributed by atoms with Crippen LogP contribution in [0.25, 0.3) is 0 Å². The summed E-state index contributed by atoms with van der Waals surface area (Å²) in [5.41, 5.74) is 1.88. The second-order valence-corrected chi connectivity index (χ2v) is 5.67. The summed E-state index contributed by atoms with van der Waals surface area (Å²) in [4.78, 5) is 27.7. The highest BCUT2D eigenvalue weighted by Gasteiger charge is 2.28. The van der Waals surface area contributed by atoms with E-state index in [9.17, 15) is 9.59 Å². The van der Waals surface area contributed by atoms with Crippen molar-refractivity contribution in [1.29, 1.82) is 0 Å². The number of carbonyl (C=O) groups is 2. The Morgan fingerprint density at radius 1 is 1.10 bits per heavy atom. The fourth-order valence-electron chi connectivity index (χ4n) is 2.57. The van der Waals surface area contributed by atoms with E-state index >= 15 is 0 Å². The molecule has 1 aromatic carbocycles. The summed E-state index contributed by atoms with van der Waals surface area (Å²) in [6, 6.07) is 7.65. The molecule has 0 aromatic heterocycles. The third-order valence-corrected chi connectivity index (χ3v) is 3.87. The minimum absolute atomic E-state index is 0.0621. The molecule has 1 fully saturated rings. The molecule has 0 bridgehead atoms. The average molecular weight is 274 g/mol. The van der Waals surface area contributed by atoms with Crippen molar-refractivity contribution in [2.45, 2.75) is 19.8 Å². The van der Waals surface area contributed by atoms with Crippen LogP contribution in [0.4, 0.5) is 0 Å². The first-order valence-corrected chi connectivity index (χ1v) is 7.06. The maximum Gasteiger partial charge on any atom is 0.253 e. The van der Waals surface area contributed by atoms with Gasteiger partial charge in [-0.1, -0.05) is 17.7 Å². The van der Waals surface area contributed by atoms with Crippen LogP contribution in [0.3, 0.4) is 0 Å². The lowest BCUT2D eigenvalue weighted by Crippen LogP contribution is -2.42. The summed E-state index contributed by atoms with van der Waals surface area (Å²) >= 11 is 0. The molecule has 4 heteroatoms. The quantitative estimate of drug-likeness (QED) is 0.827. The van der Waals surface area contributed by atoms with Crippen molar-refractivity contribution < 1.29 is 9.59 Å². The van der Waals surface area contributed by atoms with E-state index in [4.69, 9.17) is 0 Å². The number of carbonyl (C=O) groups excluding carboxylic acids is 2. The summed E-state index contributed by atoms with van der Waals surface area (Å²) in [6.45, 7) is 3.33. The Labute approximate surface area is 120 Å². The fraction of sp³-hybridized carbons (Fsp3) is 0.500. The van der Waals surface area contributed by atoms with Crippen molar-refractivity contribution in [3.05, 3.63) is 35.4 Å². The number of nitrogens with zero attached hydrogens (tertiary/aromatic N) is 2. The molecular formula is C16H22N2O2. The Balaban J connectivity index is 1.95. The van der Waals surface area contributed by atoms with Gasteiger partial charge in [-0.2, -0.15) is 0 Å². The monoisotopic (exact) mass is 274 g/mol. The predicted molar refractivity (Wildman–Crippen MR) is 78.5 cm³/mol. The molecule has 0 atom stereocenters. The molecule has 1 heterocycles. The summed E-state index contributed by atoms with van der Waals surface area (Å²) in [6.07, 6.45) is 1.52. The smallest absolute Gasteiger partial charge is 0.253 e. The number of likely N-dealkylation sites (tertiary alicyclic amines) is 1. The molecule has 1 aliphatic rings. The van der Waals surface area contributed by atoms with Crippen LogP contribution in [0.2, 0.25) is 0 Å². The van der Waals surface area contributed by atoms with E-state index in [-0.39, 0.29) is 17.7 Å². The highest BCUT2D eigenvalue weighted by molar-refractivity contribution is 5.94. The Hall–Kier alpha value is -1.84. The Morgan fingerprint density at radius 2 is 1.65 bits per heavy atom. The molecule has 0 N–H and O–H groups in total. The number of piperidine rings is 1. The summed E-state index contributed by atoms with van der Waals surface area (Å²) in [7, 11) is 3.57. The number of hydrogen-bond acceptors (Lipinski definition) is 2. The van der Waals surface area contributed by atoms with Gasteiger partial charge in [0.25, 0.3) is 5.91 Å². The summed E-state index contributed by atoms with van der Waals surface area (Å²) < 4.78 is 0. The molecule has 0 unspecified atom stereocenters. The molecule has 4 nitrogen and oxygen atoms in total. The number of rotatable bonds is 2. The maximum atomic E-state index is 12.4. The topological polar surface area (TPSA) is 40.6 Å². The first kappa shape index (κ1) is 14.6. The molecule has 0 radical (unpaired) electrons. The zero-order valence-corrected chi connectivity index (χ0v) is 12.4. The number of benzene rings is 1. The van der Waals surface area contributed by atoms with Gasteiger partial charge in [0.15, 0.2) is 0 Å². The summed E-state index contributed by atoms with van der Waals surface area (Å²) in [5.74, 6) is 0.306. The molecule has 1 aromatic rings. The van der Waals surface area contributed by atoms with Crippen LogP contribution in [-0.4, -0.2) is 48.8 Å². The maximum absolute atomic E-state index is 12.4. The zero-order chi connectivity index (χ0) is 14.7. The van der Waals surface area contributed by atoms with Crippen LogP contribution in [0.1, 0.15) is 28.8 Å². The van der Waals surface area contributed by atoms with Gasteiger partial charge in [-0.25, -0.2) is 0 Å². The van der Waals surface area contributed by atoms with E-state index in [1.54, 1.807) is 19.0 Å². The lowest BCUT2D eigenvalue weighted by molar-refractivity contribution is -0.134. The van der Waals surface area contributed by atoms with Gasteiger partial charge in [0.1, 0.15) is 0 Å². The first-order valence-electron chi connectivity index (χ1n) is 7.06. The van der Waals surface area contributed by atoms with Crippen LogP contribution < -0.4 is 0 Å². The molecule has 108 valence electrons. The van der Waals surface area contributed by atoms with E-state index in [0.717, 1.165) is 24.0 Å². The average Bonchev–Trinajstić information content (AvgIpc) is 2.46. The summed E-state index contributed by atoms with van der Waals surface area (Å²) in [5, 5.41) is 0. The van der Waals surface area contributed by atoms with Gasteiger partial charge in [0, 0.05) is 38.7 Å². The molecule has 2 rings (SSSR count). The molecule has 1 aliphatic heterocycles. The largest absolute Gasteiger partial charge is 0.349 e. The number of hydrogen-bond donors (Lipinski definition) is 0. The van der Waals surface area contributed by atoms with Gasteiger partial charge in [-0.15, -0.1) is 0 Å². The Morgan fingerprint density at radius 3 is 2.15 bits per heavy atom. The van der Waals surface area contributed by atoms with Gasteiger partial charge in [-0.3, -0.25) is 9.59 Å². The molecule has 0 saturated carbocycles. The van der Waals surface area contributed by atoms with E-state index in [2.05, 4.69) is 0 Å². The van der Waals surface area contributed by atoms with Crippen molar-refractivity contribution in [3.8, 4) is 0 Å². The minimum atomic E-state index is 0.0621. The van der Waals surface area contributed by atoms with E-state index in [1.165, 1.54) is 0 Å². The predicted octanol–water partition coefficient (Wildman–Crippen LogP) is 1.94. The van der Waals surface area contributed by atoms with Crippen LogP contribution >= 0.6 is 0 Å². The van der Waals surface area contributed by atoms with Gasteiger partial charge in [-0.05, 0) is 31.9 Å². The van der Waals surface area contributed by atoms with Crippen molar-refractivity contribution in [2.75, 3.05) is 27.2 Å². The zero-order valence-electron chi connectivity index (χ0n) is 12.4. The van der Waals surface area contributed by atoms with Crippen LogP contribution in [-0.2, 0) is 4.79 Å². The third kappa shape index (κ3) is 3.18. The third-order valence-electron chi connectivity index (χ3n) is 3.87. The Kier molecular flexibility index (Phi) is 4.42. The molecule has 1 saturated heterocycles. The van der Waals surface area contributed by atoms with Crippen molar-refractivity contribution in [2.24, 2.45) is 5.92 Å². The normalized spacial score (nSPS) is 16.1. The Bertz CT molecular complexity index is 486. The van der Waals surface area contributed by atoms with Gasteiger partial charge < -0.3 is 9.80 Å². The lowest BCUT2D eigenvalue weighted by atomic mass is 9.95. The standard InChI is InChI=1S/C16H22N2O2/c1-12-4-6-13(7-5-12)16(20)18-10-8-14(9-11-18)15(19)17(2)3/h4-7,14H,8-11H2,1-3H3. The number of amides is 2. The van der Waals surface area contributed by atoms with E-state index in [1.807, 2.05) is 36.1 Å². The second kappa shape index (κ2) is 6.07. The van der Waals surface area contributed by atoms with Gasteiger partial charge >= 0.3 is 0 Å². The second-order valence-electron chi connectivity index (χ2n) is 5.67. The lowest BCUT2D eigenvalue weighted by Gasteiger charge is -2.32. The molecule has 2 amide bonds. The minimum Gasteiger partial charge on any atom is -0.349 e. The highest BCUT2D eigenvalue weighted by atomic mass is 16.2. The number of aryl methyl sites for hydroxylation is 1. The van der Waals surface area contributed by atoms with E-state index < -0.39 is 0 Å². The molecule has 0 spiro atoms. The SMILES string of the molecule is Cc1ccc(C(=O)N2CCC(C(=O)N(C)C)CC2)cc1. The van der Waals surface area contributed by atoms with Crippen LogP contribution in [0.15, 0.2) is 24.3 Å². The fourth-order valence-corrected chi connectivity index (χ4v) is 2.57. The van der Waals surface area contributed by atoms with E-state index in [0.29, 0.717) is 13.1 Å². The molecule has 20 heavy (non-hydrogen) atoms. The van der Waals surface area contributed by atoms with Gasteiger partial charge in [0.05, 0.1) is 0 Å². The van der Waals surface area contributed by atoms with Crippen LogP contribution in [0, 0.1) is 12.8 Å².